The van der Waals surface area contributed by atoms with Crippen LogP contribution in [0.15, 0.2) is 18.2 Å². The van der Waals surface area contributed by atoms with Crippen LogP contribution in [0.3, 0.4) is 0 Å². The summed E-state index contributed by atoms with van der Waals surface area (Å²) in [6.07, 6.45) is 1.28. The molecule has 0 aliphatic carbocycles. The van der Waals surface area contributed by atoms with Crippen LogP contribution in [0.1, 0.15) is 25.3 Å². The molecule has 0 unspecified atom stereocenters. The number of hydrogen-bond donors (Lipinski definition) is 0. The van der Waals surface area contributed by atoms with Crippen molar-refractivity contribution >= 4 is 35.2 Å². The van der Waals surface area contributed by atoms with E-state index in [0.29, 0.717) is 54.6 Å². The molecule has 0 atom stereocenters. The number of benzene rings is 1. The van der Waals surface area contributed by atoms with Gasteiger partial charge in [0.25, 0.3) is 0 Å². The lowest BCUT2D eigenvalue weighted by Crippen LogP contribution is -2.41. The first-order chi connectivity index (χ1) is 11.5. The molecule has 1 heterocycles. The molecule has 2 rings (SSSR count). The molecule has 1 amide bonds. The normalized spacial score (nSPS) is 15.4. The second-order valence-electron chi connectivity index (χ2n) is 5.64. The molecule has 1 saturated heterocycles. The maximum absolute atomic E-state index is 13.7. The predicted molar refractivity (Wildman–Crippen MR) is 93.5 cm³/mol. The molecule has 0 saturated carbocycles. The van der Waals surface area contributed by atoms with E-state index in [1.807, 2.05) is 0 Å². The van der Waals surface area contributed by atoms with Gasteiger partial charge in [0.05, 0.1) is 18.3 Å². The second kappa shape index (κ2) is 9.28. The van der Waals surface area contributed by atoms with E-state index in [1.165, 1.54) is 17.8 Å². The number of halogens is 2. The second-order valence-corrected chi connectivity index (χ2v) is 7.06. The first-order valence-electron chi connectivity index (χ1n) is 7.97. The highest BCUT2D eigenvalue weighted by Gasteiger charge is 2.27. The van der Waals surface area contributed by atoms with Crippen molar-refractivity contribution < 1.29 is 18.7 Å². The average molecular weight is 374 g/mol. The first kappa shape index (κ1) is 19.1. The van der Waals surface area contributed by atoms with Gasteiger partial charge in [-0.2, -0.15) is 0 Å². The van der Waals surface area contributed by atoms with Gasteiger partial charge in [0.15, 0.2) is 0 Å². The Morgan fingerprint density at radius 3 is 2.71 bits per heavy atom. The lowest BCUT2D eigenvalue weighted by molar-refractivity contribution is -0.151. The van der Waals surface area contributed by atoms with Gasteiger partial charge in [-0.1, -0.05) is 17.7 Å². The molecular formula is C17H21ClFNO3S. The molecule has 24 heavy (non-hydrogen) atoms. The summed E-state index contributed by atoms with van der Waals surface area (Å²) < 4.78 is 18.7. The quantitative estimate of drug-likeness (QED) is 0.716. The van der Waals surface area contributed by atoms with Crippen molar-refractivity contribution in [2.24, 2.45) is 5.92 Å². The molecule has 1 aromatic carbocycles. The molecule has 4 nitrogen and oxygen atoms in total. The fourth-order valence-corrected chi connectivity index (χ4v) is 3.68. The number of esters is 1. The molecule has 0 aromatic heterocycles. The maximum atomic E-state index is 13.7. The molecule has 132 valence electrons. The number of amides is 1. The van der Waals surface area contributed by atoms with Crippen LogP contribution in [0, 0.1) is 11.7 Å². The van der Waals surface area contributed by atoms with Gasteiger partial charge >= 0.3 is 5.97 Å². The molecular weight excluding hydrogens is 353 g/mol. The van der Waals surface area contributed by atoms with Gasteiger partial charge in [0.2, 0.25) is 5.91 Å². The Morgan fingerprint density at radius 2 is 2.08 bits per heavy atom. The highest BCUT2D eigenvalue weighted by molar-refractivity contribution is 7.99. The molecule has 1 aliphatic heterocycles. The zero-order chi connectivity index (χ0) is 17.5. The smallest absolute Gasteiger partial charge is 0.309 e. The number of likely N-dealkylation sites (tertiary alicyclic amines) is 1. The van der Waals surface area contributed by atoms with Crippen molar-refractivity contribution in [3.8, 4) is 0 Å². The van der Waals surface area contributed by atoms with E-state index in [1.54, 1.807) is 24.0 Å². The van der Waals surface area contributed by atoms with Gasteiger partial charge < -0.3 is 9.64 Å². The summed E-state index contributed by atoms with van der Waals surface area (Å²) in [6.45, 7) is 3.31. The fraction of sp³-hybridized carbons (Fsp3) is 0.529. The standard InChI is InChI=1S/C17H21ClFNO3S/c1-2-23-17(22)12-5-7-20(8-6-12)16(21)11-24-10-13-3-4-14(18)9-15(13)19/h3-4,9,12H,2,5-8,10-11H2,1H3. The third-order valence-corrected chi connectivity index (χ3v) is 5.17. The molecule has 0 N–H and O–H groups in total. The van der Waals surface area contributed by atoms with E-state index in [0.717, 1.165) is 0 Å². The SMILES string of the molecule is CCOC(=O)C1CCN(C(=O)CSCc2ccc(Cl)cc2F)CC1. The van der Waals surface area contributed by atoms with Crippen LogP contribution < -0.4 is 0 Å². The van der Waals surface area contributed by atoms with Gasteiger partial charge in [-0.25, -0.2) is 4.39 Å². The Hall–Kier alpha value is -1.27. The van der Waals surface area contributed by atoms with Crippen LogP contribution in [0.4, 0.5) is 4.39 Å². The van der Waals surface area contributed by atoms with Crippen molar-refractivity contribution in [1.29, 1.82) is 0 Å². The minimum Gasteiger partial charge on any atom is -0.466 e. The Labute approximate surface area is 150 Å². The molecule has 1 fully saturated rings. The van der Waals surface area contributed by atoms with Crippen molar-refractivity contribution in [1.82, 2.24) is 4.90 Å². The molecule has 1 aliphatic rings. The summed E-state index contributed by atoms with van der Waals surface area (Å²) in [7, 11) is 0. The maximum Gasteiger partial charge on any atom is 0.309 e. The molecule has 0 radical (unpaired) electrons. The Balaban J connectivity index is 1.73. The number of rotatable bonds is 6. The Morgan fingerprint density at radius 1 is 1.38 bits per heavy atom. The topological polar surface area (TPSA) is 46.6 Å². The van der Waals surface area contributed by atoms with Gasteiger partial charge in [-0.05, 0) is 37.5 Å². The minimum absolute atomic E-state index is 0.0247. The van der Waals surface area contributed by atoms with E-state index in [9.17, 15) is 14.0 Å². The van der Waals surface area contributed by atoms with Crippen LogP contribution in [-0.4, -0.2) is 42.2 Å². The van der Waals surface area contributed by atoms with Gasteiger partial charge in [0, 0.05) is 23.9 Å². The van der Waals surface area contributed by atoms with Crippen LogP contribution >= 0.6 is 23.4 Å². The molecule has 7 heteroatoms. The minimum atomic E-state index is -0.349. The number of carbonyl (C=O) groups excluding carboxylic acids is 2. The summed E-state index contributed by atoms with van der Waals surface area (Å²) >= 11 is 7.09. The number of piperidine rings is 1. The van der Waals surface area contributed by atoms with E-state index in [4.69, 9.17) is 16.3 Å². The van der Waals surface area contributed by atoms with E-state index >= 15 is 0 Å². The van der Waals surface area contributed by atoms with Crippen molar-refractivity contribution in [2.45, 2.75) is 25.5 Å². The number of thioether (sulfide) groups is 1. The third-order valence-electron chi connectivity index (χ3n) is 3.97. The van der Waals surface area contributed by atoms with E-state index in [2.05, 4.69) is 0 Å². The van der Waals surface area contributed by atoms with Crippen molar-refractivity contribution in [3.63, 3.8) is 0 Å². The lowest BCUT2D eigenvalue weighted by Gasteiger charge is -2.30. The Bertz CT molecular complexity index is 591. The zero-order valence-corrected chi connectivity index (χ0v) is 15.2. The summed E-state index contributed by atoms with van der Waals surface area (Å²) in [5, 5.41) is 0.363. The average Bonchev–Trinajstić information content (AvgIpc) is 2.57. The van der Waals surface area contributed by atoms with Crippen LogP contribution in [0.5, 0.6) is 0 Å². The van der Waals surface area contributed by atoms with Crippen LogP contribution in [-0.2, 0) is 20.1 Å². The largest absolute Gasteiger partial charge is 0.466 e. The lowest BCUT2D eigenvalue weighted by atomic mass is 9.97. The number of nitrogens with zero attached hydrogens (tertiary/aromatic N) is 1. The van der Waals surface area contributed by atoms with Crippen LogP contribution in [0.25, 0.3) is 0 Å². The molecule has 1 aromatic rings. The van der Waals surface area contributed by atoms with Crippen molar-refractivity contribution in [3.05, 3.63) is 34.6 Å². The number of hydrogen-bond acceptors (Lipinski definition) is 4. The number of ether oxygens (including phenoxy) is 1. The summed E-state index contributed by atoms with van der Waals surface area (Å²) in [4.78, 5) is 25.7. The van der Waals surface area contributed by atoms with Gasteiger partial charge in [0.1, 0.15) is 5.82 Å². The van der Waals surface area contributed by atoms with Gasteiger partial charge in [-0.3, -0.25) is 9.59 Å². The molecule has 0 spiro atoms. The predicted octanol–water partition coefficient (Wildman–Crippen LogP) is 3.51. The third kappa shape index (κ3) is 5.38. The van der Waals surface area contributed by atoms with E-state index in [-0.39, 0.29) is 23.6 Å². The van der Waals surface area contributed by atoms with Crippen LogP contribution in [0.2, 0.25) is 5.02 Å². The van der Waals surface area contributed by atoms with Crippen molar-refractivity contribution in [2.75, 3.05) is 25.4 Å². The Kier molecular flexibility index (Phi) is 7.37. The summed E-state index contributed by atoms with van der Waals surface area (Å²) in [5.74, 6) is 0.122. The van der Waals surface area contributed by atoms with E-state index < -0.39 is 0 Å². The molecule has 0 bridgehead atoms. The summed E-state index contributed by atoms with van der Waals surface area (Å²) in [6, 6.07) is 4.56. The monoisotopic (exact) mass is 373 g/mol. The number of carbonyl (C=O) groups is 2. The first-order valence-corrected chi connectivity index (χ1v) is 9.50. The highest BCUT2D eigenvalue weighted by Crippen LogP contribution is 2.22. The summed E-state index contributed by atoms with van der Waals surface area (Å²) in [5.41, 5.74) is 0.540. The fourth-order valence-electron chi connectivity index (χ4n) is 2.60. The van der Waals surface area contributed by atoms with Gasteiger partial charge in [-0.15, -0.1) is 11.8 Å². The zero-order valence-electron chi connectivity index (χ0n) is 13.6. The highest BCUT2D eigenvalue weighted by atomic mass is 35.5.